The van der Waals surface area contributed by atoms with Crippen molar-refractivity contribution in [3.05, 3.63) is 35.9 Å². The van der Waals surface area contributed by atoms with Crippen molar-refractivity contribution in [2.24, 2.45) is 0 Å². The lowest BCUT2D eigenvalue weighted by Gasteiger charge is -2.24. The average molecular weight is 288 g/mol. The van der Waals surface area contributed by atoms with E-state index in [0.29, 0.717) is 12.1 Å². The number of piperidine rings is 1. The normalized spacial score (nSPS) is 25.4. The highest BCUT2D eigenvalue weighted by Gasteiger charge is 2.54. The van der Waals surface area contributed by atoms with Gasteiger partial charge in [-0.3, -0.25) is 9.80 Å². The molecule has 4 nitrogen and oxygen atoms in total. The van der Waals surface area contributed by atoms with Gasteiger partial charge in [-0.1, -0.05) is 30.3 Å². The van der Waals surface area contributed by atoms with Crippen LogP contribution < -0.4 is 0 Å². The van der Waals surface area contributed by atoms with Gasteiger partial charge in [0.05, 0.1) is 12.1 Å². The predicted molar refractivity (Wildman–Crippen MR) is 82.0 cm³/mol. The van der Waals surface area contributed by atoms with Crippen LogP contribution in [0.25, 0.3) is 0 Å². The molecule has 0 bridgehead atoms. The Hall–Kier alpha value is -1.55. The third kappa shape index (κ3) is 3.38. The molecule has 0 aromatic heterocycles. The zero-order valence-electron chi connectivity index (χ0n) is 13.1. The Bertz CT molecular complexity index is 509. The Kier molecular flexibility index (Phi) is 3.66. The van der Waals surface area contributed by atoms with Gasteiger partial charge >= 0.3 is 6.09 Å². The van der Waals surface area contributed by atoms with E-state index < -0.39 is 5.60 Å². The van der Waals surface area contributed by atoms with Crippen LogP contribution >= 0.6 is 0 Å². The smallest absolute Gasteiger partial charge is 0.410 e. The first-order valence-corrected chi connectivity index (χ1v) is 7.72. The molecule has 1 amide bonds. The van der Waals surface area contributed by atoms with Crippen LogP contribution in [0, 0.1) is 0 Å². The minimum Gasteiger partial charge on any atom is -0.444 e. The van der Waals surface area contributed by atoms with E-state index >= 15 is 0 Å². The van der Waals surface area contributed by atoms with Gasteiger partial charge in [0.1, 0.15) is 5.60 Å². The maximum absolute atomic E-state index is 12.1. The second-order valence-electron chi connectivity index (χ2n) is 7.03. The zero-order valence-corrected chi connectivity index (χ0v) is 13.1. The van der Waals surface area contributed by atoms with Crippen molar-refractivity contribution in [1.29, 1.82) is 0 Å². The highest BCUT2D eigenvalue weighted by Crippen LogP contribution is 2.37. The molecule has 1 aromatic rings. The van der Waals surface area contributed by atoms with Crippen LogP contribution in [-0.4, -0.2) is 46.7 Å². The van der Waals surface area contributed by atoms with Crippen LogP contribution in [-0.2, 0) is 11.3 Å². The van der Waals surface area contributed by atoms with Crippen LogP contribution in [0.15, 0.2) is 30.3 Å². The molecule has 0 radical (unpaired) electrons. The zero-order chi connectivity index (χ0) is 15.0. The minimum atomic E-state index is -0.410. The first kappa shape index (κ1) is 14.4. The van der Waals surface area contributed by atoms with Crippen LogP contribution in [0.5, 0.6) is 0 Å². The third-order valence-electron chi connectivity index (χ3n) is 4.11. The van der Waals surface area contributed by atoms with Crippen LogP contribution in [0.1, 0.15) is 32.8 Å². The molecule has 2 saturated heterocycles. The molecule has 2 heterocycles. The number of benzene rings is 1. The molecule has 0 aliphatic carbocycles. The first-order valence-electron chi connectivity index (χ1n) is 7.72. The molecule has 114 valence electrons. The molecule has 4 heteroatoms. The summed E-state index contributed by atoms with van der Waals surface area (Å²) < 4.78 is 5.48. The van der Waals surface area contributed by atoms with E-state index in [1.54, 1.807) is 0 Å². The summed E-state index contributed by atoms with van der Waals surface area (Å²) >= 11 is 0. The number of nitrogens with zero attached hydrogens (tertiary/aromatic N) is 2. The highest BCUT2D eigenvalue weighted by molar-refractivity contribution is 5.72. The van der Waals surface area contributed by atoms with Gasteiger partial charge in [0.25, 0.3) is 0 Å². The van der Waals surface area contributed by atoms with Crippen molar-refractivity contribution in [2.75, 3.05) is 13.1 Å². The molecule has 21 heavy (non-hydrogen) atoms. The lowest BCUT2D eigenvalue weighted by atomic mass is 10.1. The summed E-state index contributed by atoms with van der Waals surface area (Å²) in [6, 6.07) is 11.2. The van der Waals surface area contributed by atoms with Crippen molar-refractivity contribution in [2.45, 2.75) is 51.4 Å². The van der Waals surface area contributed by atoms with Gasteiger partial charge in [0, 0.05) is 19.6 Å². The van der Waals surface area contributed by atoms with E-state index in [4.69, 9.17) is 4.74 Å². The number of ether oxygens (including phenoxy) is 1. The van der Waals surface area contributed by atoms with E-state index in [0.717, 1.165) is 26.1 Å². The van der Waals surface area contributed by atoms with Gasteiger partial charge in [0.2, 0.25) is 0 Å². The first-order chi connectivity index (χ1) is 9.94. The van der Waals surface area contributed by atoms with E-state index in [2.05, 4.69) is 29.2 Å². The third-order valence-corrected chi connectivity index (χ3v) is 4.11. The molecule has 2 unspecified atom stereocenters. The van der Waals surface area contributed by atoms with Gasteiger partial charge in [-0.15, -0.1) is 0 Å². The number of hydrogen-bond acceptors (Lipinski definition) is 3. The van der Waals surface area contributed by atoms with Gasteiger partial charge in [0.15, 0.2) is 0 Å². The van der Waals surface area contributed by atoms with Crippen LogP contribution in [0.4, 0.5) is 4.79 Å². The van der Waals surface area contributed by atoms with Gasteiger partial charge in [-0.25, -0.2) is 4.79 Å². The topological polar surface area (TPSA) is 32.6 Å². The molecule has 2 aliphatic rings. The fourth-order valence-corrected chi connectivity index (χ4v) is 3.12. The fraction of sp³-hybridized carbons (Fsp3) is 0.588. The summed E-state index contributed by atoms with van der Waals surface area (Å²) in [6.45, 7) is 8.72. The van der Waals surface area contributed by atoms with Crippen LogP contribution in [0.2, 0.25) is 0 Å². The molecule has 0 spiro atoms. The standard InChI is InChI=1S/C17H24N2O2/c1-17(2,3)21-16(20)19-14-9-10-18(12-15(14)19)11-13-7-5-4-6-8-13/h4-8,14-15H,9-12H2,1-3H3. The second-order valence-corrected chi connectivity index (χ2v) is 7.03. The highest BCUT2D eigenvalue weighted by atomic mass is 16.6. The summed E-state index contributed by atoms with van der Waals surface area (Å²) in [5, 5.41) is 0. The summed E-state index contributed by atoms with van der Waals surface area (Å²) in [5.74, 6) is 0. The maximum Gasteiger partial charge on any atom is 0.410 e. The average Bonchev–Trinajstić information content (AvgIpc) is 3.11. The number of amides is 1. The minimum absolute atomic E-state index is 0.154. The Labute approximate surface area is 126 Å². The molecular weight excluding hydrogens is 264 g/mol. The Morgan fingerprint density at radius 2 is 1.95 bits per heavy atom. The van der Waals surface area contributed by atoms with E-state index in [-0.39, 0.29) is 6.09 Å². The number of rotatable bonds is 2. The van der Waals surface area contributed by atoms with E-state index in [1.165, 1.54) is 5.56 Å². The SMILES string of the molecule is CC(C)(C)OC(=O)N1C2CCN(Cc3ccccc3)CC21. The summed E-state index contributed by atoms with van der Waals surface area (Å²) in [6.07, 6.45) is 0.899. The van der Waals surface area contributed by atoms with Gasteiger partial charge in [-0.05, 0) is 32.8 Å². The Balaban J connectivity index is 1.54. The quantitative estimate of drug-likeness (QED) is 0.784. The fourth-order valence-electron chi connectivity index (χ4n) is 3.12. The molecular formula is C17H24N2O2. The Morgan fingerprint density at radius 1 is 1.24 bits per heavy atom. The van der Waals surface area contributed by atoms with Crippen molar-refractivity contribution in [3.63, 3.8) is 0 Å². The number of fused-ring (bicyclic) bond motifs is 1. The summed E-state index contributed by atoms with van der Waals surface area (Å²) in [5.41, 5.74) is 0.924. The Morgan fingerprint density at radius 3 is 2.62 bits per heavy atom. The number of hydrogen-bond donors (Lipinski definition) is 0. The van der Waals surface area contributed by atoms with Crippen molar-refractivity contribution in [3.8, 4) is 0 Å². The molecule has 0 N–H and O–H groups in total. The predicted octanol–water partition coefficient (Wildman–Crippen LogP) is 2.88. The molecule has 3 rings (SSSR count). The van der Waals surface area contributed by atoms with E-state index in [9.17, 15) is 4.79 Å². The largest absolute Gasteiger partial charge is 0.444 e. The van der Waals surface area contributed by atoms with E-state index in [1.807, 2.05) is 31.7 Å². The van der Waals surface area contributed by atoms with Crippen molar-refractivity contribution in [1.82, 2.24) is 9.80 Å². The summed E-state index contributed by atoms with van der Waals surface area (Å²) in [7, 11) is 0. The molecule has 0 saturated carbocycles. The number of likely N-dealkylation sites (tertiary alicyclic amines) is 1. The number of carbonyl (C=O) groups is 1. The molecule has 2 atom stereocenters. The van der Waals surface area contributed by atoms with Crippen molar-refractivity contribution >= 4 is 6.09 Å². The van der Waals surface area contributed by atoms with Gasteiger partial charge in [-0.2, -0.15) is 0 Å². The molecule has 1 aromatic carbocycles. The number of carbonyl (C=O) groups excluding carboxylic acids is 1. The maximum atomic E-state index is 12.1. The van der Waals surface area contributed by atoms with Crippen molar-refractivity contribution < 1.29 is 9.53 Å². The van der Waals surface area contributed by atoms with Gasteiger partial charge < -0.3 is 4.74 Å². The summed E-state index contributed by atoms with van der Waals surface area (Å²) in [4.78, 5) is 16.5. The molecule has 2 aliphatic heterocycles. The second kappa shape index (κ2) is 5.34. The monoisotopic (exact) mass is 288 g/mol. The van der Waals surface area contributed by atoms with Crippen LogP contribution in [0.3, 0.4) is 0 Å². The lowest BCUT2D eigenvalue weighted by Crippen LogP contribution is -2.34. The lowest BCUT2D eigenvalue weighted by molar-refractivity contribution is 0.0394. The molecule has 2 fully saturated rings.